The summed E-state index contributed by atoms with van der Waals surface area (Å²) in [7, 11) is 3.99. The largest absolute Gasteiger partial charge is 0.396 e. The quantitative estimate of drug-likeness (QED) is 0.857. The van der Waals surface area contributed by atoms with E-state index < -0.39 is 0 Å². The van der Waals surface area contributed by atoms with E-state index in [4.69, 9.17) is 0 Å². The topological polar surface area (TPSA) is 48.4 Å². The Labute approximate surface area is 115 Å². The molecule has 0 saturated heterocycles. The van der Waals surface area contributed by atoms with Gasteiger partial charge < -0.3 is 15.3 Å². The van der Waals surface area contributed by atoms with Crippen molar-refractivity contribution in [3.05, 3.63) is 18.3 Å². The number of aromatic nitrogens is 1. The smallest absolute Gasteiger partial charge is 0.151 e. The summed E-state index contributed by atoms with van der Waals surface area (Å²) in [6, 6.07) is 4.00. The van der Waals surface area contributed by atoms with Gasteiger partial charge in [0.15, 0.2) is 5.82 Å². The van der Waals surface area contributed by atoms with E-state index in [2.05, 4.69) is 16.4 Å². The van der Waals surface area contributed by atoms with Gasteiger partial charge in [-0.15, -0.1) is 0 Å². The molecule has 106 valence electrons. The van der Waals surface area contributed by atoms with Crippen molar-refractivity contribution >= 4 is 11.5 Å². The first-order valence-electron chi connectivity index (χ1n) is 7.14. The maximum Gasteiger partial charge on any atom is 0.151 e. The number of anilines is 2. The van der Waals surface area contributed by atoms with Crippen molar-refractivity contribution in [2.45, 2.75) is 32.1 Å². The molecular weight excluding hydrogens is 238 g/mol. The van der Waals surface area contributed by atoms with Crippen LogP contribution < -0.4 is 10.2 Å². The fourth-order valence-corrected chi connectivity index (χ4v) is 2.87. The normalized spacial score (nSPS) is 18.1. The molecule has 19 heavy (non-hydrogen) atoms. The van der Waals surface area contributed by atoms with Crippen LogP contribution in [0.2, 0.25) is 0 Å². The minimum Gasteiger partial charge on any atom is -0.396 e. The van der Waals surface area contributed by atoms with Crippen molar-refractivity contribution in [2.75, 3.05) is 37.5 Å². The molecule has 0 atom stereocenters. The number of nitrogens with one attached hydrogen (secondary N) is 1. The first kappa shape index (κ1) is 14.1. The van der Waals surface area contributed by atoms with Crippen LogP contribution >= 0.6 is 0 Å². The van der Waals surface area contributed by atoms with E-state index >= 15 is 0 Å². The summed E-state index contributed by atoms with van der Waals surface area (Å²) in [6.07, 6.45) is 7.81. The molecule has 1 aliphatic rings. The molecule has 1 aliphatic carbocycles. The predicted octanol–water partition coefficient (Wildman–Crippen LogP) is 2.50. The molecule has 2 N–H and O–H groups in total. The minimum absolute atomic E-state index is 0.0532. The summed E-state index contributed by atoms with van der Waals surface area (Å²) in [6.45, 7) is 1.10. The third kappa shape index (κ3) is 3.38. The lowest BCUT2D eigenvalue weighted by atomic mass is 9.74. The van der Waals surface area contributed by atoms with E-state index in [1.165, 1.54) is 19.3 Å². The van der Waals surface area contributed by atoms with Crippen molar-refractivity contribution in [2.24, 2.45) is 5.41 Å². The van der Waals surface area contributed by atoms with Crippen molar-refractivity contribution in [1.29, 1.82) is 0 Å². The second-order valence-electron chi connectivity index (χ2n) is 5.84. The van der Waals surface area contributed by atoms with Crippen molar-refractivity contribution in [1.82, 2.24) is 4.98 Å². The van der Waals surface area contributed by atoms with Gasteiger partial charge in [-0.2, -0.15) is 0 Å². The maximum absolute atomic E-state index is 9.73. The molecule has 4 nitrogen and oxygen atoms in total. The summed E-state index contributed by atoms with van der Waals surface area (Å²) in [5.74, 6) is 0.950. The lowest BCUT2D eigenvalue weighted by Crippen LogP contribution is -2.35. The molecule has 1 fully saturated rings. The summed E-state index contributed by atoms with van der Waals surface area (Å²) in [4.78, 5) is 6.40. The van der Waals surface area contributed by atoms with Crippen LogP contribution in [0.5, 0.6) is 0 Å². The van der Waals surface area contributed by atoms with Gasteiger partial charge in [0.1, 0.15) is 0 Å². The fraction of sp³-hybridized carbons (Fsp3) is 0.667. The zero-order chi connectivity index (χ0) is 13.7. The molecule has 1 aromatic heterocycles. The third-order valence-corrected chi connectivity index (χ3v) is 4.11. The molecule has 2 rings (SSSR count). The molecule has 0 bridgehead atoms. The molecule has 1 aromatic rings. The highest BCUT2D eigenvalue weighted by Crippen LogP contribution is 2.36. The lowest BCUT2D eigenvalue weighted by molar-refractivity contribution is 0.0944. The number of nitrogens with zero attached hydrogens (tertiary/aromatic N) is 2. The van der Waals surface area contributed by atoms with Crippen LogP contribution in [0.25, 0.3) is 0 Å². The van der Waals surface area contributed by atoms with E-state index in [1.54, 1.807) is 0 Å². The number of hydrogen-bond donors (Lipinski definition) is 2. The zero-order valence-electron chi connectivity index (χ0n) is 12.0. The highest BCUT2D eigenvalue weighted by atomic mass is 16.3. The Morgan fingerprint density at radius 2 is 2.05 bits per heavy atom. The van der Waals surface area contributed by atoms with Gasteiger partial charge in [-0.3, -0.25) is 0 Å². The van der Waals surface area contributed by atoms with Crippen LogP contribution in [0.4, 0.5) is 11.5 Å². The van der Waals surface area contributed by atoms with Crippen molar-refractivity contribution < 1.29 is 5.11 Å². The van der Waals surface area contributed by atoms with Crippen LogP contribution in [0.15, 0.2) is 18.3 Å². The minimum atomic E-state index is 0.0532. The summed E-state index contributed by atoms with van der Waals surface area (Å²) >= 11 is 0. The van der Waals surface area contributed by atoms with Gasteiger partial charge in [0, 0.05) is 32.3 Å². The standard InChI is InChI=1S/C15H25N3O/c1-18(2)14-13(7-6-10-16-14)17-11-15(12-19)8-4-3-5-9-15/h6-7,10,17,19H,3-5,8-9,11-12H2,1-2H3. The first-order chi connectivity index (χ1) is 9.17. The van der Waals surface area contributed by atoms with Crippen LogP contribution in [-0.4, -0.2) is 37.3 Å². The molecule has 0 spiro atoms. The molecule has 1 saturated carbocycles. The zero-order valence-corrected chi connectivity index (χ0v) is 12.0. The van der Waals surface area contributed by atoms with Gasteiger partial charge in [-0.25, -0.2) is 4.98 Å². The van der Waals surface area contributed by atoms with E-state index in [-0.39, 0.29) is 12.0 Å². The van der Waals surface area contributed by atoms with E-state index in [1.807, 2.05) is 31.3 Å². The summed E-state index contributed by atoms with van der Waals surface area (Å²) < 4.78 is 0. The molecule has 0 aliphatic heterocycles. The SMILES string of the molecule is CN(C)c1ncccc1NCC1(CO)CCCCC1. The molecule has 0 aromatic carbocycles. The Morgan fingerprint density at radius 3 is 2.68 bits per heavy atom. The number of hydrogen-bond acceptors (Lipinski definition) is 4. The van der Waals surface area contributed by atoms with Crippen LogP contribution in [0, 0.1) is 5.41 Å². The van der Waals surface area contributed by atoms with Gasteiger partial charge in [0.05, 0.1) is 12.3 Å². The average molecular weight is 263 g/mol. The highest BCUT2D eigenvalue weighted by molar-refractivity contribution is 5.64. The van der Waals surface area contributed by atoms with Gasteiger partial charge >= 0.3 is 0 Å². The van der Waals surface area contributed by atoms with Gasteiger partial charge in [0.2, 0.25) is 0 Å². The molecule has 4 heteroatoms. The molecule has 0 unspecified atom stereocenters. The lowest BCUT2D eigenvalue weighted by Gasteiger charge is -2.36. The van der Waals surface area contributed by atoms with Gasteiger partial charge in [-0.05, 0) is 25.0 Å². The Hall–Kier alpha value is -1.29. The van der Waals surface area contributed by atoms with E-state index in [0.717, 1.165) is 30.9 Å². The molecule has 0 amide bonds. The van der Waals surface area contributed by atoms with Crippen molar-refractivity contribution in [3.8, 4) is 0 Å². The van der Waals surface area contributed by atoms with E-state index in [9.17, 15) is 5.11 Å². The molecule has 1 heterocycles. The summed E-state index contributed by atoms with van der Waals surface area (Å²) in [5.41, 5.74) is 1.10. The van der Waals surface area contributed by atoms with Gasteiger partial charge in [-0.1, -0.05) is 19.3 Å². The highest BCUT2D eigenvalue weighted by Gasteiger charge is 2.31. The van der Waals surface area contributed by atoms with Gasteiger partial charge in [0.25, 0.3) is 0 Å². The second kappa shape index (κ2) is 6.24. The number of aliphatic hydroxyl groups excluding tert-OH is 1. The Balaban J connectivity index is 2.05. The first-order valence-corrected chi connectivity index (χ1v) is 7.14. The van der Waals surface area contributed by atoms with Crippen LogP contribution in [0.3, 0.4) is 0 Å². The van der Waals surface area contributed by atoms with Crippen LogP contribution in [0.1, 0.15) is 32.1 Å². The maximum atomic E-state index is 9.73. The predicted molar refractivity (Wildman–Crippen MR) is 79.7 cm³/mol. The Morgan fingerprint density at radius 1 is 1.32 bits per heavy atom. The average Bonchev–Trinajstić information content (AvgIpc) is 2.46. The monoisotopic (exact) mass is 263 g/mol. The third-order valence-electron chi connectivity index (χ3n) is 4.11. The number of aliphatic hydroxyl groups is 1. The molecule has 0 radical (unpaired) electrons. The second-order valence-corrected chi connectivity index (χ2v) is 5.84. The fourth-order valence-electron chi connectivity index (χ4n) is 2.87. The Bertz CT molecular complexity index is 400. The number of pyridine rings is 1. The van der Waals surface area contributed by atoms with E-state index in [0.29, 0.717) is 0 Å². The van der Waals surface area contributed by atoms with Crippen molar-refractivity contribution in [3.63, 3.8) is 0 Å². The number of rotatable bonds is 5. The van der Waals surface area contributed by atoms with Crippen LogP contribution in [-0.2, 0) is 0 Å². The summed E-state index contributed by atoms with van der Waals surface area (Å²) in [5, 5.41) is 13.2. The molecular formula is C15H25N3O. The Kier molecular flexibility index (Phi) is 4.64.